The first kappa shape index (κ1) is 12.6. The minimum atomic E-state index is -0.936. The lowest BCUT2D eigenvalue weighted by molar-refractivity contribution is 0.0697. The highest BCUT2D eigenvalue weighted by molar-refractivity contribution is 7.09. The number of ether oxygens (including phenoxy) is 1. The van der Waals surface area contributed by atoms with Crippen LogP contribution in [-0.4, -0.2) is 16.1 Å². The van der Waals surface area contributed by atoms with Crippen molar-refractivity contribution in [2.45, 2.75) is 20.0 Å². The molecule has 2 rings (SSSR count). The van der Waals surface area contributed by atoms with Crippen LogP contribution in [-0.2, 0) is 13.0 Å². The molecule has 0 saturated carbocycles. The SMILES string of the molecule is CCc1nc(COc2ccc(C(=O)O)cc2)cs1. The van der Waals surface area contributed by atoms with E-state index in [4.69, 9.17) is 9.84 Å². The van der Waals surface area contributed by atoms with Crippen molar-refractivity contribution < 1.29 is 14.6 Å². The molecule has 2 aromatic rings. The normalized spacial score (nSPS) is 10.3. The van der Waals surface area contributed by atoms with Crippen LogP contribution in [0.3, 0.4) is 0 Å². The Labute approximate surface area is 109 Å². The van der Waals surface area contributed by atoms with Crippen LogP contribution in [0.5, 0.6) is 5.75 Å². The third-order valence-electron chi connectivity index (χ3n) is 2.39. The second-order valence-corrected chi connectivity index (χ2v) is 4.65. The molecule has 0 aliphatic heterocycles. The quantitative estimate of drug-likeness (QED) is 0.901. The van der Waals surface area contributed by atoms with Gasteiger partial charge in [0, 0.05) is 5.38 Å². The van der Waals surface area contributed by atoms with Gasteiger partial charge in [0.1, 0.15) is 12.4 Å². The lowest BCUT2D eigenvalue weighted by Crippen LogP contribution is -1.98. The number of hydrogen-bond donors (Lipinski definition) is 1. The Morgan fingerprint density at radius 3 is 2.67 bits per heavy atom. The number of aromatic carboxylic acids is 1. The summed E-state index contributed by atoms with van der Waals surface area (Å²) < 4.78 is 5.54. The van der Waals surface area contributed by atoms with Crippen molar-refractivity contribution in [2.24, 2.45) is 0 Å². The summed E-state index contributed by atoms with van der Waals surface area (Å²) >= 11 is 1.62. The molecule has 1 N–H and O–H groups in total. The molecule has 94 valence electrons. The number of rotatable bonds is 5. The third kappa shape index (κ3) is 3.07. The van der Waals surface area contributed by atoms with Crippen molar-refractivity contribution in [3.8, 4) is 5.75 Å². The smallest absolute Gasteiger partial charge is 0.335 e. The van der Waals surface area contributed by atoms with Gasteiger partial charge in [-0.1, -0.05) is 6.92 Å². The first-order valence-corrected chi connectivity index (χ1v) is 6.46. The zero-order chi connectivity index (χ0) is 13.0. The topological polar surface area (TPSA) is 59.4 Å². The second kappa shape index (κ2) is 5.64. The number of nitrogens with zero attached hydrogens (tertiary/aromatic N) is 1. The van der Waals surface area contributed by atoms with Crippen LogP contribution in [0, 0.1) is 0 Å². The number of aryl methyl sites for hydroxylation is 1. The van der Waals surface area contributed by atoms with Gasteiger partial charge >= 0.3 is 5.97 Å². The summed E-state index contributed by atoms with van der Waals surface area (Å²) in [4.78, 5) is 15.1. The number of benzene rings is 1. The number of carbonyl (C=O) groups is 1. The lowest BCUT2D eigenvalue weighted by atomic mass is 10.2. The summed E-state index contributed by atoms with van der Waals surface area (Å²) in [6.07, 6.45) is 0.929. The standard InChI is InChI=1S/C13H13NO3S/c1-2-12-14-10(8-18-12)7-17-11-5-3-9(4-6-11)13(15)16/h3-6,8H,2,7H2,1H3,(H,15,16). The fourth-order valence-corrected chi connectivity index (χ4v) is 2.16. The highest BCUT2D eigenvalue weighted by Crippen LogP contribution is 2.16. The molecule has 0 aliphatic carbocycles. The number of carboxylic acids is 1. The number of carboxylic acid groups (broad SMARTS) is 1. The zero-order valence-corrected chi connectivity index (χ0v) is 10.7. The molecular weight excluding hydrogens is 250 g/mol. The van der Waals surface area contributed by atoms with Gasteiger partial charge in [0.05, 0.1) is 16.3 Å². The van der Waals surface area contributed by atoms with E-state index in [1.807, 2.05) is 5.38 Å². The summed E-state index contributed by atoms with van der Waals surface area (Å²) in [6, 6.07) is 6.35. The van der Waals surface area contributed by atoms with Crippen LogP contribution < -0.4 is 4.74 Å². The maximum atomic E-state index is 10.7. The van der Waals surface area contributed by atoms with E-state index in [9.17, 15) is 4.79 Å². The van der Waals surface area contributed by atoms with Gasteiger partial charge in [-0.2, -0.15) is 0 Å². The summed E-state index contributed by atoms with van der Waals surface area (Å²) in [6.45, 7) is 2.47. The summed E-state index contributed by atoms with van der Waals surface area (Å²) in [5.41, 5.74) is 1.16. The average Bonchev–Trinajstić information content (AvgIpc) is 2.85. The van der Waals surface area contributed by atoms with Gasteiger partial charge in [-0.3, -0.25) is 0 Å². The molecule has 0 unspecified atom stereocenters. The Balaban J connectivity index is 1.95. The molecule has 0 fully saturated rings. The lowest BCUT2D eigenvalue weighted by Gasteiger charge is -2.04. The number of hydrogen-bond acceptors (Lipinski definition) is 4. The van der Waals surface area contributed by atoms with Crippen LogP contribution in [0.2, 0.25) is 0 Å². The predicted molar refractivity (Wildman–Crippen MR) is 69.2 cm³/mol. The zero-order valence-electron chi connectivity index (χ0n) is 9.92. The van der Waals surface area contributed by atoms with E-state index in [0.29, 0.717) is 12.4 Å². The highest BCUT2D eigenvalue weighted by Gasteiger charge is 2.04. The summed E-state index contributed by atoms with van der Waals surface area (Å²) in [7, 11) is 0. The van der Waals surface area contributed by atoms with E-state index in [-0.39, 0.29) is 5.56 Å². The molecule has 0 radical (unpaired) electrons. The van der Waals surface area contributed by atoms with Gasteiger partial charge in [-0.05, 0) is 30.7 Å². The molecule has 0 saturated heterocycles. The molecule has 1 aromatic heterocycles. The monoisotopic (exact) mass is 263 g/mol. The maximum Gasteiger partial charge on any atom is 0.335 e. The van der Waals surface area contributed by atoms with Crippen LogP contribution in [0.4, 0.5) is 0 Å². The van der Waals surface area contributed by atoms with Gasteiger partial charge in [-0.25, -0.2) is 9.78 Å². The molecule has 0 amide bonds. The van der Waals surface area contributed by atoms with E-state index < -0.39 is 5.97 Å². The van der Waals surface area contributed by atoms with Gasteiger partial charge < -0.3 is 9.84 Å². The van der Waals surface area contributed by atoms with E-state index in [1.165, 1.54) is 12.1 Å². The molecule has 4 nitrogen and oxygen atoms in total. The Hall–Kier alpha value is -1.88. The van der Waals surface area contributed by atoms with E-state index in [2.05, 4.69) is 11.9 Å². The second-order valence-electron chi connectivity index (χ2n) is 3.70. The molecule has 1 aromatic carbocycles. The molecule has 5 heteroatoms. The molecule has 1 heterocycles. The van der Waals surface area contributed by atoms with E-state index >= 15 is 0 Å². The fourth-order valence-electron chi connectivity index (χ4n) is 1.43. The fraction of sp³-hybridized carbons (Fsp3) is 0.231. The van der Waals surface area contributed by atoms with Gasteiger partial charge in [0.15, 0.2) is 0 Å². The van der Waals surface area contributed by atoms with Gasteiger partial charge in [0.2, 0.25) is 0 Å². The molecule has 0 spiro atoms. The summed E-state index contributed by atoms with van der Waals surface area (Å²) in [5.74, 6) is -0.292. The van der Waals surface area contributed by atoms with Crippen molar-refractivity contribution in [1.29, 1.82) is 0 Å². The first-order chi connectivity index (χ1) is 8.69. The molecule has 0 bridgehead atoms. The van der Waals surface area contributed by atoms with Crippen LogP contribution in [0.25, 0.3) is 0 Å². The molecule has 0 atom stereocenters. The molecule has 0 aliphatic rings. The van der Waals surface area contributed by atoms with Crippen LogP contribution in [0.15, 0.2) is 29.6 Å². The minimum Gasteiger partial charge on any atom is -0.487 e. The Kier molecular flexibility index (Phi) is 3.94. The number of aromatic nitrogens is 1. The third-order valence-corrected chi connectivity index (χ3v) is 3.43. The van der Waals surface area contributed by atoms with Crippen LogP contribution in [0.1, 0.15) is 28.0 Å². The highest BCUT2D eigenvalue weighted by atomic mass is 32.1. The van der Waals surface area contributed by atoms with Gasteiger partial charge in [-0.15, -0.1) is 11.3 Å². The van der Waals surface area contributed by atoms with Crippen molar-refractivity contribution in [3.63, 3.8) is 0 Å². The molecular formula is C13H13NO3S. The van der Waals surface area contributed by atoms with Crippen molar-refractivity contribution in [2.75, 3.05) is 0 Å². The first-order valence-electron chi connectivity index (χ1n) is 5.58. The van der Waals surface area contributed by atoms with E-state index in [0.717, 1.165) is 17.1 Å². The molecule has 18 heavy (non-hydrogen) atoms. The summed E-state index contributed by atoms with van der Waals surface area (Å²) in [5, 5.41) is 11.8. The predicted octanol–water partition coefficient (Wildman–Crippen LogP) is 2.98. The average molecular weight is 263 g/mol. The Morgan fingerprint density at radius 1 is 1.39 bits per heavy atom. The van der Waals surface area contributed by atoms with E-state index in [1.54, 1.807) is 23.5 Å². The van der Waals surface area contributed by atoms with Gasteiger partial charge in [0.25, 0.3) is 0 Å². The largest absolute Gasteiger partial charge is 0.487 e. The minimum absolute atomic E-state index is 0.254. The number of thiazole rings is 1. The van der Waals surface area contributed by atoms with Crippen molar-refractivity contribution in [3.05, 3.63) is 45.9 Å². The van der Waals surface area contributed by atoms with Crippen molar-refractivity contribution in [1.82, 2.24) is 4.98 Å². The Bertz CT molecular complexity index is 533. The van der Waals surface area contributed by atoms with Crippen molar-refractivity contribution >= 4 is 17.3 Å². The van der Waals surface area contributed by atoms with Crippen LogP contribution >= 0.6 is 11.3 Å². The maximum absolute atomic E-state index is 10.7. The Morgan fingerprint density at radius 2 is 2.11 bits per heavy atom.